The molecule has 234 valence electrons. The number of carbonyl (C=O) groups excluding carboxylic acids is 1. The van der Waals surface area contributed by atoms with Crippen LogP contribution in [0.3, 0.4) is 0 Å². The molecule has 0 amide bonds. The summed E-state index contributed by atoms with van der Waals surface area (Å²) in [5, 5.41) is 0. The van der Waals surface area contributed by atoms with Gasteiger partial charge < -0.3 is 23.7 Å². The molecular weight excluding hydrogens is 592 g/mol. The Bertz CT molecular complexity index is 1890. The van der Waals surface area contributed by atoms with Crippen LogP contribution in [0.25, 0.3) is 11.8 Å². The number of hydrogen-bond acceptors (Lipinski definition) is 9. The molecule has 0 N–H and O–H groups in total. The van der Waals surface area contributed by atoms with Gasteiger partial charge in [0.25, 0.3) is 5.56 Å². The predicted molar refractivity (Wildman–Crippen MR) is 174 cm³/mol. The van der Waals surface area contributed by atoms with Gasteiger partial charge in [0.2, 0.25) is 0 Å². The van der Waals surface area contributed by atoms with Crippen LogP contribution < -0.4 is 33.8 Å². The lowest BCUT2D eigenvalue weighted by atomic mass is 9.92. The Morgan fingerprint density at radius 1 is 0.889 bits per heavy atom. The number of methoxy groups -OCH3 is 2. The lowest BCUT2D eigenvalue weighted by Gasteiger charge is -2.27. The first-order chi connectivity index (χ1) is 22.0. The summed E-state index contributed by atoms with van der Waals surface area (Å²) in [6, 6.07) is 19.5. The number of hydrogen-bond donors (Lipinski definition) is 0. The van der Waals surface area contributed by atoms with E-state index in [4.69, 9.17) is 28.7 Å². The fourth-order valence-corrected chi connectivity index (χ4v) is 6.24. The van der Waals surface area contributed by atoms with Gasteiger partial charge in [-0.2, -0.15) is 0 Å². The summed E-state index contributed by atoms with van der Waals surface area (Å²) in [5.74, 6) is 1.45. The highest BCUT2D eigenvalue weighted by atomic mass is 32.1. The zero-order valence-corrected chi connectivity index (χ0v) is 26.8. The molecule has 1 aromatic heterocycles. The lowest BCUT2D eigenvalue weighted by Crippen LogP contribution is -2.40. The second kappa shape index (κ2) is 14.3. The Morgan fingerprint density at radius 2 is 1.60 bits per heavy atom. The minimum Gasteiger partial charge on any atom is -0.493 e. The van der Waals surface area contributed by atoms with E-state index < -0.39 is 12.0 Å². The molecule has 0 spiro atoms. The fourth-order valence-electron chi connectivity index (χ4n) is 5.25. The third kappa shape index (κ3) is 6.23. The van der Waals surface area contributed by atoms with E-state index in [2.05, 4.69) is 0 Å². The molecule has 1 atom stereocenters. The van der Waals surface area contributed by atoms with Crippen LogP contribution in [0.1, 0.15) is 49.9 Å². The smallest absolute Gasteiger partial charge is 0.338 e. The molecule has 4 aromatic rings. The predicted octanol–water partition coefficient (Wildman–Crippen LogP) is 5.14. The quantitative estimate of drug-likeness (QED) is 0.201. The third-order valence-electron chi connectivity index (χ3n) is 7.15. The number of rotatable bonds is 12. The van der Waals surface area contributed by atoms with Gasteiger partial charge in [0.15, 0.2) is 27.8 Å². The summed E-state index contributed by atoms with van der Waals surface area (Å²) >= 11 is 1.23. The Labute approximate surface area is 265 Å². The zero-order valence-electron chi connectivity index (χ0n) is 26.0. The van der Waals surface area contributed by atoms with Crippen LogP contribution in [0.4, 0.5) is 0 Å². The molecule has 0 unspecified atom stereocenters. The van der Waals surface area contributed by atoms with Crippen LogP contribution >= 0.6 is 11.3 Å². The van der Waals surface area contributed by atoms with Gasteiger partial charge in [-0.05, 0) is 38.5 Å². The summed E-state index contributed by atoms with van der Waals surface area (Å²) in [6.45, 7) is 6.62. The summed E-state index contributed by atoms with van der Waals surface area (Å²) in [6.07, 6.45) is 2.52. The van der Waals surface area contributed by atoms with Crippen molar-refractivity contribution in [3.63, 3.8) is 0 Å². The molecule has 0 saturated heterocycles. The topological polar surface area (TPSA) is 97.6 Å². The first kappa shape index (κ1) is 31.6. The second-order valence-electron chi connectivity index (χ2n) is 9.97. The molecule has 0 saturated carbocycles. The van der Waals surface area contributed by atoms with Gasteiger partial charge in [-0.15, -0.1) is 0 Å². The standard InChI is InChI=1S/C35H36N2O7S/c1-6-20-44-32-24(17-13-19-26(32)41-5)30-28(34(39)43-8-3)29(22-14-10-9-11-15-22)36-35-37(30)33(38)27(45-35)21-23-16-12-18-25(40-4)31(23)42-7-2/h9-19,21,30H,6-8,20H2,1-5H3/b27-21-/t30-/m0/s1. The molecule has 2 heterocycles. The maximum Gasteiger partial charge on any atom is 0.338 e. The minimum atomic E-state index is -0.920. The summed E-state index contributed by atoms with van der Waals surface area (Å²) in [7, 11) is 3.13. The van der Waals surface area contributed by atoms with Crippen LogP contribution in [-0.2, 0) is 9.53 Å². The lowest BCUT2D eigenvalue weighted by molar-refractivity contribution is -0.138. The van der Waals surface area contributed by atoms with Crippen molar-refractivity contribution in [3.8, 4) is 23.0 Å². The van der Waals surface area contributed by atoms with Crippen molar-refractivity contribution in [1.82, 2.24) is 4.57 Å². The van der Waals surface area contributed by atoms with E-state index >= 15 is 0 Å². The van der Waals surface area contributed by atoms with E-state index in [-0.39, 0.29) is 17.7 Å². The van der Waals surface area contributed by atoms with Gasteiger partial charge in [-0.25, -0.2) is 9.79 Å². The van der Waals surface area contributed by atoms with Crippen molar-refractivity contribution in [2.75, 3.05) is 34.0 Å². The Morgan fingerprint density at radius 3 is 2.27 bits per heavy atom. The van der Waals surface area contributed by atoms with E-state index in [1.54, 1.807) is 37.9 Å². The number of ether oxygens (including phenoxy) is 5. The van der Waals surface area contributed by atoms with Gasteiger partial charge >= 0.3 is 5.97 Å². The van der Waals surface area contributed by atoms with Crippen molar-refractivity contribution >= 4 is 29.1 Å². The molecule has 3 aromatic carbocycles. The Balaban J connectivity index is 1.87. The van der Waals surface area contributed by atoms with Gasteiger partial charge in [0, 0.05) is 16.7 Å². The first-order valence-electron chi connectivity index (χ1n) is 14.8. The van der Waals surface area contributed by atoms with Gasteiger partial charge in [-0.1, -0.05) is 72.9 Å². The van der Waals surface area contributed by atoms with E-state index in [0.29, 0.717) is 67.9 Å². The minimum absolute atomic E-state index is 0.148. The van der Waals surface area contributed by atoms with E-state index in [1.165, 1.54) is 11.3 Å². The van der Waals surface area contributed by atoms with Crippen molar-refractivity contribution in [2.45, 2.75) is 33.2 Å². The molecule has 5 rings (SSSR count). The van der Waals surface area contributed by atoms with Crippen LogP contribution in [0.15, 0.2) is 82.1 Å². The number of benzene rings is 3. The SMILES string of the molecule is CCCOc1c(OC)cccc1[C@H]1C(C(=O)OCC)=C(c2ccccc2)N=c2s/c(=C\c3cccc(OC)c3OCC)c(=O)n21. The van der Waals surface area contributed by atoms with Crippen molar-refractivity contribution in [2.24, 2.45) is 4.99 Å². The van der Waals surface area contributed by atoms with Crippen LogP contribution in [0.5, 0.6) is 23.0 Å². The van der Waals surface area contributed by atoms with E-state index in [0.717, 1.165) is 6.42 Å². The van der Waals surface area contributed by atoms with Gasteiger partial charge in [-0.3, -0.25) is 9.36 Å². The zero-order chi connectivity index (χ0) is 31.9. The van der Waals surface area contributed by atoms with Crippen molar-refractivity contribution in [3.05, 3.63) is 109 Å². The van der Waals surface area contributed by atoms with Crippen molar-refractivity contribution < 1.29 is 28.5 Å². The largest absolute Gasteiger partial charge is 0.493 e. The maximum absolute atomic E-state index is 14.4. The number of nitrogens with zero attached hydrogens (tertiary/aromatic N) is 2. The Hall–Kier alpha value is -4.83. The molecule has 1 aliphatic heterocycles. The number of thiazole rings is 1. The molecule has 0 aliphatic carbocycles. The number of esters is 1. The van der Waals surface area contributed by atoms with Crippen LogP contribution in [-0.4, -0.2) is 44.6 Å². The highest BCUT2D eigenvalue weighted by Crippen LogP contribution is 2.42. The first-order valence-corrected chi connectivity index (χ1v) is 15.7. The van der Waals surface area contributed by atoms with E-state index in [9.17, 15) is 9.59 Å². The van der Waals surface area contributed by atoms with Crippen molar-refractivity contribution in [1.29, 1.82) is 0 Å². The molecular formula is C35H36N2O7S. The summed E-state index contributed by atoms with van der Waals surface area (Å²) < 4.78 is 30.9. The normalized spacial score (nSPS) is 14.4. The Kier molecular flexibility index (Phi) is 10.0. The second-order valence-corrected chi connectivity index (χ2v) is 11.0. The third-order valence-corrected chi connectivity index (χ3v) is 8.14. The molecule has 9 nitrogen and oxygen atoms in total. The molecule has 1 aliphatic rings. The number of aromatic nitrogens is 1. The summed E-state index contributed by atoms with van der Waals surface area (Å²) in [4.78, 5) is 33.7. The highest BCUT2D eigenvalue weighted by molar-refractivity contribution is 7.07. The molecule has 45 heavy (non-hydrogen) atoms. The number of fused-ring (bicyclic) bond motifs is 1. The van der Waals surface area contributed by atoms with Crippen LogP contribution in [0, 0.1) is 0 Å². The molecule has 0 radical (unpaired) electrons. The summed E-state index contributed by atoms with van der Waals surface area (Å²) in [5.41, 5.74) is 2.30. The van der Waals surface area contributed by atoms with Gasteiger partial charge in [0.1, 0.15) is 6.04 Å². The molecule has 10 heteroatoms. The highest BCUT2D eigenvalue weighted by Gasteiger charge is 2.37. The van der Waals surface area contributed by atoms with E-state index in [1.807, 2.05) is 74.5 Å². The van der Waals surface area contributed by atoms with Crippen LogP contribution in [0.2, 0.25) is 0 Å². The fraction of sp³-hybridized carbons (Fsp3) is 0.286. The number of para-hydroxylation sites is 2. The number of carbonyl (C=O) groups is 1. The van der Waals surface area contributed by atoms with Gasteiger partial charge in [0.05, 0.1) is 49.8 Å². The molecule has 0 bridgehead atoms. The average Bonchev–Trinajstić information content (AvgIpc) is 3.38. The monoisotopic (exact) mass is 628 g/mol. The molecule has 0 fully saturated rings. The maximum atomic E-state index is 14.4. The average molecular weight is 629 g/mol.